The Labute approximate surface area is 166 Å². The van der Waals surface area contributed by atoms with Crippen molar-refractivity contribution in [3.8, 4) is 5.69 Å². The Morgan fingerprint density at radius 1 is 1.31 bits per heavy atom. The van der Waals surface area contributed by atoms with Gasteiger partial charge in [0.15, 0.2) is 0 Å². The van der Waals surface area contributed by atoms with Crippen LogP contribution in [0, 0.1) is 5.92 Å². The second kappa shape index (κ2) is 7.25. The van der Waals surface area contributed by atoms with E-state index < -0.39 is 28.0 Å². The van der Waals surface area contributed by atoms with E-state index in [0.29, 0.717) is 16.6 Å². The predicted octanol–water partition coefficient (Wildman–Crippen LogP) is 3.62. The first kappa shape index (κ1) is 19.6. The maximum Gasteiger partial charge on any atom is 0.327 e. The third kappa shape index (κ3) is 4.02. The predicted molar refractivity (Wildman–Crippen MR) is 103 cm³/mol. The minimum Gasteiger partial charge on any atom is -0.265 e. The van der Waals surface area contributed by atoms with E-state index in [2.05, 4.69) is 19.4 Å². The first-order valence-corrected chi connectivity index (χ1v) is 10.9. The smallest absolute Gasteiger partial charge is 0.265 e. The van der Waals surface area contributed by atoms with Gasteiger partial charge in [-0.05, 0) is 37.0 Å². The van der Waals surface area contributed by atoms with Crippen molar-refractivity contribution in [1.82, 2.24) is 19.7 Å². The molecule has 2 aromatic heterocycles. The second-order valence-electron chi connectivity index (χ2n) is 7.10. The lowest BCUT2D eigenvalue weighted by atomic mass is 10.2. The normalized spacial score (nSPS) is 16.5. The number of halogens is 2. The fourth-order valence-electron chi connectivity index (χ4n) is 2.89. The molecule has 1 unspecified atom stereocenters. The van der Waals surface area contributed by atoms with E-state index >= 15 is 0 Å². The summed E-state index contributed by atoms with van der Waals surface area (Å²) in [5, 5.41) is 5.07. The van der Waals surface area contributed by atoms with Crippen molar-refractivity contribution in [3.05, 3.63) is 43.1 Å². The molecule has 152 valence electrons. The Hall–Kier alpha value is -2.75. The van der Waals surface area contributed by atoms with Crippen LogP contribution in [0.4, 0.5) is 8.78 Å². The van der Waals surface area contributed by atoms with Gasteiger partial charge in [-0.2, -0.15) is 18.2 Å². The van der Waals surface area contributed by atoms with Gasteiger partial charge >= 0.3 is 11.8 Å². The van der Waals surface area contributed by atoms with E-state index in [4.69, 9.17) is 0 Å². The van der Waals surface area contributed by atoms with Gasteiger partial charge in [0.25, 0.3) is 0 Å². The molecule has 7 nitrogen and oxygen atoms in total. The lowest BCUT2D eigenvalue weighted by Crippen LogP contribution is -2.27. The summed E-state index contributed by atoms with van der Waals surface area (Å²) in [7, 11) is -3.31. The van der Waals surface area contributed by atoms with Crippen molar-refractivity contribution >= 4 is 26.5 Å². The van der Waals surface area contributed by atoms with Crippen LogP contribution < -0.4 is 0 Å². The number of hydrogen-bond acceptors (Lipinski definition) is 5. The Morgan fingerprint density at radius 2 is 2.03 bits per heavy atom. The number of fused-ring (bicyclic) bond motifs is 1. The van der Waals surface area contributed by atoms with Crippen LogP contribution in [-0.4, -0.2) is 41.5 Å². The quantitative estimate of drug-likeness (QED) is 0.609. The third-order valence-corrected chi connectivity index (χ3v) is 7.18. The maximum atomic E-state index is 13.8. The summed E-state index contributed by atoms with van der Waals surface area (Å²) < 4.78 is 46.3. The molecule has 1 fully saturated rings. The fourth-order valence-corrected chi connectivity index (χ4v) is 5.22. The molecule has 10 heteroatoms. The highest BCUT2D eigenvalue weighted by Gasteiger charge is 2.38. The van der Waals surface area contributed by atoms with Crippen LogP contribution in [0.25, 0.3) is 16.6 Å². The summed E-state index contributed by atoms with van der Waals surface area (Å²) in [5.41, 5.74) is 1.27. The summed E-state index contributed by atoms with van der Waals surface area (Å²) in [4.78, 5) is 20.2. The second-order valence-corrected chi connectivity index (χ2v) is 9.36. The fraction of sp³-hybridized carbons (Fsp3) is 0.368. The van der Waals surface area contributed by atoms with Crippen LogP contribution >= 0.6 is 0 Å². The number of benzene rings is 1. The van der Waals surface area contributed by atoms with Crippen molar-refractivity contribution < 1.29 is 17.8 Å². The summed E-state index contributed by atoms with van der Waals surface area (Å²) in [5.74, 6) is -5.00. The zero-order valence-electron chi connectivity index (χ0n) is 15.7. The molecule has 3 aromatic rings. The molecule has 1 aliphatic rings. The molecular formula is C19H19F2N5O2S. The lowest BCUT2D eigenvalue weighted by molar-refractivity contribution is -0.141. The van der Waals surface area contributed by atoms with Crippen molar-refractivity contribution in [1.29, 1.82) is 0 Å². The number of aromatic nitrogens is 4. The SMILES string of the molecule is CCC(F)(F)C(=O)N=S(=O)(CC1CC1)c1ccc2nn(-c3cncnc3)cc2c1. The molecule has 1 saturated carbocycles. The first-order chi connectivity index (χ1) is 13.8. The highest BCUT2D eigenvalue weighted by atomic mass is 32.2. The minimum atomic E-state index is -3.62. The van der Waals surface area contributed by atoms with E-state index in [-0.39, 0.29) is 16.6 Å². The number of amides is 1. The highest BCUT2D eigenvalue weighted by molar-refractivity contribution is 7.94. The average molecular weight is 419 g/mol. The van der Waals surface area contributed by atoms with E-state index in [9.17, 15) is 17.8 Å². The highest BCUT2D eigenvalue weighted by Crippen LogP contribution is 2.34. The molecule has 0 N–H and O–H groups in total. The molecular weight excluding hydrogens is 400 g/mol. The molecule has 1 aromatic carbocycles. The molecule has 1 atom stereocenters. The van der Waals surface area contributed by atoms with Crippen molar-refractivity contribution in [2.24, 2.45) is 10.3 Å². The molecule has 0 bridgehead atoms. The summed E-state index contributed by atoms with van der Waals surface area (Å²) >= 11 is 0. The van der Waals surface area contributed by atoms with E-state index in [0.717, 1.165) is 12.8 Å². The van der Waals surface area contributed by atoms with E-state index in [1.807, 2.05) is 0 Å². The number of carbonyl (C=O) groups excluding carboxylic acids is 1. The first-order valence-electron chi connectivity index (χ1n) is 9.23. The summed E-state index contributed by atoms with van der Waals surface area (Å²) in [6.07, 6.45) is 7.34. The molecule has 0 saturated heterocycles. The molecule has 29 heavy (non-hydrogen) atoms. The number of nitrogens with zero attached hydrogens (tertiary/aromatic N) is 5. The van der Waals surface area contributed by atoms with Crippen LogP contribution in [0.2, 0.25) is 0 Å². The standard InChI is InChI=1S/C19H19F2N5O2S/c1-2-19(20,21)18(27)25-29(28,11-13-3-4-13)16-5-6-17-14(7-16)10-26(24-17)15-8-22-12-23-9-15/h5-10,12-13H,2-4,11H2,1H3. The number of rotatable bonds is 6. The third-order valence-electron chi connectivity index (χ3n) is 4.80. The number of hydrogen-bond donors (Lipinski definition) is 0. The van der Waals surface area contributed by atoms with Gasteiger partial charge in [0.05, 0.1) is 27.6 Å². The van der Waals surface area contributed by atoms with Crippen molar-refractivity contribution in [2.45, 2.75) is 37.0 Å². The molecule has 1 aliphatic carbocycles. The van der Waals surface area contributed by atoms with Crippen LogP contribution in [0.5, 0.6) is 0 Å². The Kier molecular flexibility index (Phi) is 4.89. The van der Waals surface area contributed by atoms with Crippen molar-refractivity contribution in [3.63, 3.8) is 0 Å². The summed E-state index contributed by atoms with van der Waals surface area (Å²) in [6.45, 7) is 1.20. The van der Waals surface area contributed by atoms with Crippen LogP contribution in [0.15, 0.2) is 52.4 Å². The summed E-state index contributed by atoms with van der Waals surface area (Å²) in [6, 6.07) is 4.80. The monoisotopic (exact) mass is 419 g/mol. The Balaban J connectivity index is 1.78. The molecule has 2 heterocycles. The molecule has 1 amide bonds. The van der Waals surface area contributed by atoms with E-state index in [1.54, 1.807) is 41.5 Å². The number of carbonyl (C=O) groups is 1. The minimum absolute atomic E-state index is 0.102. The van der Waals surface area contributed by atoms with Crippen LogP contribution in [0.3, 0.4) is 0 Å². The molecule has 4 rings (SSSR count). The molecule has 0 spiro atoms. The zero-order valence-corrected chi connectivity index (χ0v) is 16.5. The molecule has 0 aliphatic heterocycles. The van der Waals surface area contributed by atoms with Gasteiger partial charge in [0.2, 0.25) is 0 Å². The lowest BCUT2D eigenvalue weighted by Gasteiger charge is -2.13. The van der Waals surface area contributed by atoms with Gasteiger partial charge in [-0.3, -0.25) is 4.79 Å². The topological polar surface area (TPSA) is 90.1 Å². The molecule has 0 radical (unpaired) electrons. The maximum absolute atomic E-state index is 13.8. The van der Waals surface area contributed by atoms with Crippen molar-refractivity contribution in [2.75, 3.05) is 5.75 Å². The van der Waals surface area contributed by atoms with Gasteiger partial charge in [-0.1, -0.05) is 6.92 Å². The Bertz CT molecular complexity index is 1180. The number of alkyl halides is 2. The Morgan fingerprint density at radius 3 is 2.69 bits per heavy atom. The largest absolute Gasteiger partial charge is 0.327 e. The van der Waals surface area contributed by atoms with Gasteiger partial charge in [-0.25, -0.2) is 18.9 Å². The van der Waals surface area contributed by atoms with Gasteiger partial charge < -0.3 is 0 Å². The zero-order chi connectivity index (χ0) is 20.6. The van der Waals surface area contributed by atoms with E-state index in [1.165, 1.54) is 13.3 Å². The van der Waals surface area contributed by atoms with Crippen LogP contribution in [-0.2, 0) is 14.5 Å². The van der Waals surface area contributed by atoms with Gasteiger partial charge in [-0.15, -0.1) is 0 Å². The van der Waals surface area contributed by atoms with Crippen LogP contribution in [0.1, 0.15) is 26.2 Å². The van der Waals surface area contributed by atoms with Gasteiger partial charge in [0, 0.05) is 28.7 Å². The average Bonchev–Trinajstić information content (AvgIpc) is 3.41. The van der Waals surface area contributed by atoms with Gasteiger partial charge in [0.1, 0.15) is 12.0 Å².